The molecule has 134 valence electrons. The van der Waals surface area contributed by atoms with Crippen LogP contribution in [0, 0.1) is 0 Å². The Morgan fingerprint density at radius 2 is 1.92 bits per heavy atom. The van der Waals surface area contributed by atoms with Gasteiger partial charge in [-0.2, -0.15) is 5.10 Å². The van der Waals surface area contributed by atoms with E-state index in [0.717, 1.165) is 23.4 Å². The molecular weight excluding hydrogens is 326 g/mol. The lowest BCUT2D eigenvalue weighted by molar-refractivity contribution is -0.132. The summed E-state index contributed by atoms with van der Waals surface area (Å²) in [5.74, 6) is 0.655. The number of hydrogen-bond donors (Lipinski definition) is 0. The molecule has 5 heteroatoms. The predicted molar refractivity (Wildman–Crippen MR) is 101 cm³/mol. The van der Waals surface area contributed by atoms with Gasteiger partial charge in [0.2, 0.25) is 0 Å². The molecule has 1 heterocycles. The maximum absolute atomic E-state index is 12.3. The van der Waals surface area contributed by atoms with Crippen LogP contribution in [0.15, 0.2) is 67.0 Å². The summed E-state index contributed by atoms with van der Waals surface area (Å²) in [6.07, 6.45) is 4.66. The number of aromatic nitrogens is 2. The number of aryl methyl sites for hydroxylation is 1. The number of amides is 1. The Labute approximate surface area is 153 Å². The van der Waals surface area contributed by atoms with Crippen LogP contribution in [0.1, 0.15) is 18.1 Å². The second kappa shape index (κ2) is 8.34. The summed E-state index contributed by atoms with van der Waals surface area (Å²) >= 11 is 0. The number of nitrogens with zero attached hydrogens (tertiary/aromatic N) is 3. The van der Waals surface area contributed by atoms with Crippen LogP contribution in [0.2, 0.25) is 0 Å². The van der Waals surface area contributed by atoms with Crippen molar-refractivity contribution in [1.29, 1.82) is 0 Å². The Morgan fingerprint density at radius 1 is 1.12 bits per heavy atom. The molecule has 0 N–H and O–H groups in total. The van der Waals surface area contributed by atoms with Crippen molar-refractivity contribution in [2.75, 3.05) is 13.7 Å². The molecule has 1 amide bonds. The zero-order valence-corrected chi connectivity index (χ0v) is 15.1. The molecule has 0 radical (unpaired) electrons. The number of likely N-dealkylation sites (N-methyl/N-ethyl adjacent to an activating group) is 1. The average molecular weight is 349 g/mol. The van der Waals surface area contributed by atoms with E-state index >= 15 is 0 Å². The molecule has 2 aromatic carbocycles. The minimum absolute atomic E-state index is 0.0243. The smallest absolute Gasteiger partial charge is 0.260 e. The van der Waals surface area contributed by atoms with E-state index in [1.54, 1.807) is 22.8 Å². The third-order valence-corrected chi connectivity index (χ3v) is 4.17. The summed E-state index contributed by atoms with van der Waals surface area (Å²) < 4.78 is 7.44. The van der Waals surface area contributed by atoms with E-state index in [1.165, 1.54) is 5.56 Å². The standard InChI is InChI=1S/C21H23N3O2/c1-3-17-8-7-11-20(12-17)26-16-21(25)23(2)14-18-13-22-24(15-18)19-9-5-4-6-10-19/h4-13,15H,3,14,16H2,1-2H3. The number of para-hydroxylation sites is 1. The SMILES string of the molecule is CCc1cccc(OCC(=O)N(C)Cc2cnn(-c3ccccc3)c2)c1. The Balaban J connectivity index is 1.55. The van der Waals surface area contributed by atoms with Gasteiger partial charge in [0.15, 0.2) is 6.61 Å². The van der Waals surface area contributed by atoms with Gasteiger partial charge in [-0.3, -0.25) is 4.79 Å². The maximum Gasteiger partial charge on any atom is 0.260 e. The monoisotopic (exact) mass is 349 g/mol. The summed E-state index contributed by atoms with van der Waals surface area (Å²) in [5.41, 5.74) is 3.15. The van der Waals surface area contributed by atoms with Gasteiger partial charge in [0.05, 0.1) is 11.9 Å². The van der Waals surface area contributed by atoms with Crippen molar-refractivity contribution in [3.05, 3.63) is 78.1 Å². The predicted octanol–water partition coefficient (Wildman–Crippen LogP) is 3.47. The van der Waals surface area contributed by atoms with Crippen LogP contribution in [0.4, 0.5) is 0 Å². The van der Waals surface area contributed by atoms with Crippen molar-refractivity contribution in [3.63, 3.8) is 0 Å². The van der Waals surface area contributed by atoms with Gasteiger partial charge in [0.1, 0.15) is 5.75 Å². The van der Waals surface area contributed by atoms with E-state index in [1.807, 2.05) is 60.8 Å². The summed E-state index contributed by atoms with van der Waals surface area (Å²) in [4.78, 5) is 14.0. The molecule has 1 aromatic heterocycles. The molecule has 0 fully saturated rings. The molecule has 0 spiro atoms. The molecule has 0 unspecified atom stereocenters. The molecule has 0 atom stereocenters. The Bertz CT molecular complexity index is 858. The number of benzene rings is 2. The molecule has 0 saturated heterocycles. The first kappa shape index (κ1) is 17.7. The van der Waals surface area contributed by atoms with Gasteiger partial charge in [-0.1, -0.05) is 37.3 Å². The molecule has 0 aliphatic carbocycles. The fourth-order valence-electron chi connectivity index (χ4n) is 2.64. The van der Waals surface area contributed by atoms with Crippen molar-refractivity contribution >= 4 is 5.91 Å². The Morgan fingerprint density at radius 3 is 2.69 bits per heavy atom. The molecular formula is C21H23N3O2. The van der Waals surface area contributed by atoms with Crippen LogP contribution >= 0.6 is 0 Å². The zero-order chi connectivity index (χ0) is 18.4. The van der Waals surface area contributed by atoms with E-state index in [2.05, 4.69) is 12.0 Å². The Kier molecular flexibility index (Phi) is 5.69. The molecule has 0 bridgehead atoms. The first-order chi connectivity index (χ1) is 12.7. The van der Waals surface area contributed by atoms with Gasteiger partial charge >= 0.3 is 0 Å². The summed E-state index contributed by atoms with van der Waals surface area (Å²) in [6.45, 7) is 2.61. The van der Waals surface area contributed by atoms with Gasteiger partial charge < -0.3 is 9.64 Å². The molecule has 3 aromatic rings. The summed E-state index contributed by atoms with van der Waals surface area (Å²) in [5, 5.41) is 4.36. The van der Waals surface area contributed by atoms with Gasteiger partial charge in [0.25, 0.3) is 5.91 Å². The lowest BCUT2D eigenvalue weighted by Crippen LogP contribution is -2.30. The third-order valence-electron chi connectivity index (χ3n) is 4.17. The minimum atomic E-state index is -0.0700. The van der Waals surface area contributed by atoms with E-state index in [4.69, 9.17) is 4.74 Å². The van der Waals surface area contributed by atoms with E-state index in [-0.39, 0.29) is 12.5 Å². The van der Waals surface area contributed by atoms with Crippen LogP contribution in [0.3, 0.4) is 0 Å². The van der Waals surface area contributed by atoms with E-state index < -0.39 is 0 Å². The normalized spacial score (nSPS) is 10.5. The first-order valence-corrected chi connectivity index (χ1v) is 8.70. The zero-order valence-electron chi connectivity index (χ0n) is 15.1. The second-order valence-corrected chi connectivity index (χ2v) is 6.17. The van der Waals surface area contributed by atoms with Crippen LogP contribution in [0.5, 0.6) is 5.75 Å². The lowest BCUT2D eigenvalue weighted by Gasteiger charge is -2.16. The van der Waals surface area contributed by atoms with Crippen LogP contribution in [0.25, 0.3) is 5.69 Å². The van der Waals surface area contributed by atoms with Crippen molar-refractivity contribution in [1.82, 2.24) is 14.7 Å². The number of hydrogen-bond acceptors (Lipinski definition) is 3. The molecule has 0 saturated carbocycles. The first-order valence-electron chi connectivity index (χ1n) is 8.70. The highest BCUT2D eigenvalue weighted by molar-refractivity contribution is 5.77. The Hall–Kier alpha value is -3.08. The van der Waals surface area contributed by atoms with Crippen molar-refractivity contribution < 1.29 is 9.53 Å². The third kappa shape index (κ3) is 4.51. The molecule has 0 aliphatic rings. The topological polar surface area (TPSA) is 47.4 Å². The highest BCUT2D eigenvalue weighted by Gasteiger charge is 2.12. The van der Waals surface area contributed by atoms with Crippen LogP contribution in [-0.2, 0) is 17.8 Å². The van der Waals surface area contributed by atoms with Gasteiger partial charge in [-0.05, 0) is 36.2 Å². The number of rotatable bonds is 7. The minimum Gasteiger partial charge on any atom is -0.484 e. The van der Waals surface area contributed by atoms with Gasteiger partial charge in [0, 0.05) is 25.4 Å². The van der Waals surface area contributed by atoms with Crippen LogP contribution in [-0.4, -0.2) is 34.2 Å². The summed E-state index contributed by atoms with van der Waals surface area (Å²) in [6, 6.07) is 17.7. The van der Waals surface area contributed by atoms with Crippen molar-refractivity contribution in [2.24, 2.45) is 0 Å². The molecule has 0 aliphatic heterocycles. The molecule has 5 nitrogen and oxygen atoms in total. The van der Waals surface area contributed by atoms with Crippen molar-refractivity contribution in [3.8, 4) is 11.4 Å². The highest BCUT2D eigenvalue weighted by atomic mass is 16.5. The largest absolute Gasteiger partial charge is 0.484 e. The fraction of sp³-hybridized carbons (Fsp3) is 0.238. The number of carbonyl (C=O) groups is 1. The second-order valence-electron chi connectivity index (χ2n) is 6.17. The van der Waals surface area contributed by atoms with Crippen LogP contribution < -0.4 is 4.74 Å². The van der Waals surface area contributed by atoms with Crippen molar-refractivity contribution in [2.45, 2.75) is 19.9 Å². The van der Waals surface area contributed by atoms with Gasteiger partial charge in [-0.15, -0.1) is 0 Å². The average Bonchev–Trinajstić information content (AvgIpc) is 3.15. The maximum atomic E-state index is 12.3. The van der Waals surface area contributed by atoms with Gasteiger partial charge in [-0.25, -0.2) is 4.68 Å². The quantitative estimate of drug-likeness (QED) is 0.656. The summed E-state index contributed by atoms with van der Waals surface area (Å²) in [7, 11) is 1.77. The fourth-order valence-corrected chi connectivity index (χ4v) is 2.64. The highest BCUT2D eigenvalue weighted by Crippen LogP contribution is 2.14. The van der Waals surface area contributed by atoms with E-state index in [9.17, 15) is 4.79 Å². The lowest BCUT2D eigenvalue weighted by atomic mass is 10.2. The molecule has 3 rings (SSSR count). The van der Waals surface area contributed by atoms with E-state index in [0.29, 0.717) is 6.54 Å². The number of carbonyl (C=O) groups excluding carboxylic acids is 1. The number of ether oxygens (including phenoxy) is 1. The molecule has 26 heavy (non-hydrogen) atoms.